The van der Waals surface area contributed by atoms with Crippen molar-refractivity contribution in [1.29, 1.82) is 0 Å². The van der Waals surface area contributed by atoms with Gasteiger partial charge >= 0.3 is 5.97 Å². The number of rotatable bonds is 8. The Bertz CT molecular complexity index is 1520. The van der Waals surface area contributed by atoms with E-state index in [1.54, 1.807) is 6.92 Å². The Morgan fingerprint density at radius 3 is 2.32 bits per heavy atom. The number of benzene rings is 3. The van der Waals surface area contributed by atoms with E-state index >= 15 is 0 Å². The number of nitrogens with one attached hydrogen (secondary N) is 2. The van der Waals surface area contributed by atoms with Crippen molar-refractivity contribution in [2.75, 3.05) is 18.2 Å². The Hall–Kier alpha value is -4.30. The normalized spacial score (nSPS) is 14.4. The van der Waals surface area contributed by atoms with Crippen LogP contribution in [-0.2, 0) is 16.1 Å². The molecule has 1 unspecified atom stereocenters. The van der Waals surface area contributed by atoms with Gasteiger partial charge in [-0.25, -0.2) is 9.78 Å². The molecule has 0 amide bonds. The topological polar surface area (TPSA) is 93.3 Å². The second kappa shape index (κ2) is 11.4. The van der Waals surface area contributed by atoms with Crippen LogP contribution in [0.15, 0.2) is 100 Å². The quantitative estimate of drug-likeness (QED) is 0.176. The average molecular weight is 526 g/mol. The first-order chi connectivity index (χ1) is 18.6. The van der Waals surface area contributed by atoms with Crippen LogP contribution in [0.4, 0.5) is 5.82 Å². The van der Waals surface area contributed by atoms with Gasteiger partial charge in [-0.1, -0.05) is 84.6 Å². The van der Waals surface area contributed by atoms with Gasteiger partial charge in [-0.05, 0) is 42.0 Å². The van der Waals surface area contributed by atoms with Crippen molar-refractivity contribution in [3.63, 3.8) is 0 Å². The van der Waals surface area contributed by atoms with Gasteiger partial charge in [0.15, 0.2) is 5.16 Å². The van der Waals surface area contributed by atoms with E-state index in [9.17, 15) is 9.59 Å². The van der Waals surface area contributed by atoms with Gasteiger partial charge < -0.3 is 19.8 Å². The lowest BCUT2D eigenvalue weighted by Crippen LogP contribution is -2.31. The molecule has 0 fully saturated rings. The van der Waals surface area contributed by atoms with E-state index in [0.717, 1.165) is 16.7 Å². The van der Waals surface area contributed by atoms with Crippen LogP contribution >= 0.6 is 11.8 Å². The lowest BCUT2D eigenvalue weighted by Gasteiger charge is -2.30. The Morgan fingerprint density at radius 2 is 1.66 bits per heavy atom. The third-order valence-electron chi connectivity index (χ3n) is 6.24. The first-order valence-corrected chi connectivity index (χ1v) is 13.5. The average Bonchev–Trinajstić information content (AvgIpc) is 2.96. The van der Waals surface area contributed by atoms with Crippen molar-refractivity contribution in [2.24, 2.45) is 0 Å². The van der Waals surface area contributed by atoms with Crippen LogP contribution in [0.25, 0.3) is 5.70 Å². The molecular weight excluding hydrogens is 498 g/mol. The van der Waals surface area contributed by atoms with Crippen LogP contribution in [0.2, 0.25) is 0 Å². The van der Waals surface area contributed by atoms with Gasteiger partial charge in [-0.15, -0.1) is 0 Å². The number of fused-ring (bicyclic) bond motifs is 1. The van der Waals surface area contributed by atoms with Gasteiger partial charge in [0.05, 0.1) is 29.4 Å². The standard InChI is InChI=1S/C30H27N3O4S/c1-3-36-29(35)24-23(20-14-16-22(17-15-20)37-18-19-10-6-4-7-11-19)25-27(32-30(38-2)33-28(25)34)31-26(24)21-12-8-5-9-13-21/h4-17,23H,3,18H2,1-2H3,(H2,31,32,33,34). The minimum absolute atomic E-state index is 0.205. The number of ether oxygens (including phenoxy) is 2. The number of thioether (sulfide) groups is 1. The molecule has 2 heterocycles. The number of esters is 1. The highest BCUT2D eigenvalue weighted by atomic mass is 32.2. The van der Waals surface area contributed by atoms with Gasteiger partial charge in [0.2, 0.25) is 0 Å². The molecule has 0 saturated heterocycles. The number of aromatic nitrogens is 2. The molecule has 5 rings (SSSR count). The van der Waals surface area contributed by atoms with Crippen LogP contribution < -0.4 is 15.6 Å². The van der Waals surface area contributed by atoms with Crippen molar-refractivity contribution in [3.05, 3.63) is 123 Å². The molecule has 192 valence electrons. The predicted molar refractivity (Wildman–Crippen MR) is 149 cm³/mol. The molecule has 3 aromatic carbocycles. The molecule has 4 aromatic rings. The Kier molecular flexibility index (Phi) is 7.60. The SMILES string of the molecule is CCOC(=O)C1=C(c2ccccc2)Nc2nc(SC)[nH]c(=O)c2C1c1ccc(OCc2ccccc2)cc1. The zero-order chi connectivity index (χ0) is 26.5. The summed E-state index contributed by atoms with van der Waals surface area (Å²) in [4.78, 5) is 34.3. The highest BCUT2D eigenvalue weighted by Crippen LogP contribution is 2.43. The van der Waals surface area contributed by atoms with Crippen molar-refractivity contribution >= 4 is 29.2 Å². The number of H-pyrrole nitrogens is 1. The third kappa shape index (κ3) is 5.21. The smallest absolute Gasteiger partial charge is 0.337 e. The molecule has 0 bridgehead atoms. The predicted octanol–water partition coefficient (Wildman–Crippen LogP) is 5.60. The molecule has 0 aliphatic carbocycles. The fourth-order valence-corrected chi connectivity index (χ4v) is 4.87. The van der Waals surface area contributed by atoms with Crippen molar-refractivity contribution in [3.8, 4) is 5.75 Å². The van der Waals surface area contributed by atoms with Crippen molar-refractivity contribution < 1.29 is 14.3 Å². The summed E-state index contributed by atoms with van der Waals surface area (Å²) in [6, 6.07) is 26.9. The van der Waals surface area contributed by atoms with Gasteiger partial charge in [-0.2, -0.15) is 0 Å². The molecule has 0 saturated carbocycles. The Balaban J connectivity index is 1.62. The van der Waals surface area contributed by atoms with E-state index in [0.29, 0.717) is 40.2 Å². The number of hydrogen-bond acceptors (Lipinski definition) is 7. The monoisotopic (exact) mass is 525 g/mol. The zero-order valence-electron chi connectivity index (χ0n) is 21.1. The van der Waals surface area contributed by atoms with E-state index in [2.05, 4.69) is 15.3 Å². The Morgan fingerprint density at radius 1 is 0.974 bits per heavy atom. The van der Waals surface area contributed by atoms with Crippen LogP contribution in [0.1, 0.15) is 35.1 Å². The van der Waals surface area contributed by atoms with Crippen LogP contribution in [0.3, 0.4) is 0 Å². The van der Waals surface area contributed by atoms with Crippen LogP contribution in [0.5, 0.6) is 5.75 Å². The third-order valence-corrected chi connectivity index (χ3v) is 6.82. The van der Waals surface area contributed by atoms with Crippen molar-refractivity contribution in [2.45, 2.75) is 24.6 Å². The molecule has 0 radical (unpaired) electrons. The van der Waals surface area contributed by atoms with Crippen molar-refractivity contribution in [1.82, 2.24) is 9.97 Å². The fraction of sp³-hybridized carbons (Fsp3) is 0.167. The maximum Gasteiger partial charge on any atom is 0.337 e. The Labute approximate surface area is 224 Å². The molecule has 38 heavy (non-hydrogen) atoms. The molecule has 8 heteroatoms. The molecule has 0 spiro atoms. The van der Waals surface area contributed by atoms with Gasteiger partial charge in [0, 0.05) is 0 Å². The van der Waals surface area contributed by atoms with Gasteiger partial charge in [0.1, 0.15) is 18.2 Å². The molecular formula is C30H27N3O4S. The number of hydrogen-bond donors (Lipinski definition) is 2. The lowest BCUT2D eigenvalue weighted by molar-refractivity contribution is -0.138. The molecule has 7 nitrogen and oxygen atoms in total. The number of anilines is 1. The van der Waals surface area contributed by atoms with Crippen LogP contribution in [-0.4, -0.2) is 28.8 Å². The minimum atomic E-state index is -0.698. The summed E-state index contributed by atoms with van der Waals surface area (Å²) in [7, 11) is 0. The second-order valence-electron chi connectivity index (χ2n) is 8.61. The van der Waals surface area contributed by atoms with E-state index in [-0.39, 0.29) is 12.2 Å². The highest BCUT2D eigenvalue weighted by Gasteiger charge is 2.38. The lowest BCUT2D eigenvalue weighted by atomic mass is 9.81. The molecule has 2 N–H and O–H groups in total. The zero-order valence-corrected chi connectivity index (χ0v) is 21.9. The summed E-state index contributed by atoms with van der Waals surface area (Å²) in [5.74, 6) is -0.0936. The van der Waals surface area contributed by atoms with Gasteiger partial charge in [-0.3, -0.25) is 4.79 Å². The summed E-state index contributed by atoms with van der Waals surface area (Å²) >= 11 is 1.34. The van der Waals surface area contributed by atoms with Crippen LogP contribution in [0, 0.1) is 0 Å². The molecule has 1 aliphatic rings. The minimum Gasteiger partial charge on any atom is -0.489 e. The molecule has 1 aromatic heterocycles. The summed E-state index contributed by atoms with van der Waals surface area (Å²) in [6.07, 6.45) is 1.84. The van der Waals surface area contributed by atoms with E-state index < -0.39 is 11.9 Å². The summed E-state index contributed by atoms with van der Waals surface area (Å²) < 4.78 is 11.5. The van der Waals surface area contributed by atoms with E-state index in [1.807, 2.05) is 91.2 Å². The molecule has 1 atom stereocenters. The largest absolute Gasteiger partial charge is 0.489 e. The molecule has 1 aliphatic heterocycles. The maximum absolute atomic E-state index is 13.5. The first kappa shape index (κ1) is 25.4. The highest BCUT2D eigenvalue weighted by molar-refractivity contribution is 7.98. The summed E-state index contributed by atoms with van der Waals surface area (Å²) in [6.45, 7) is 2.40. The number of carbonyl (C=O) groups is 1. The first-order valence-electron chi connectivity index (χ1n) is 12.3. The second-order valence-corrected chi connectivity index (χ2v) is 9.41. The number of nitrogens with zero attached hydrogens (tertiary/aromatic N) is 1. The number of aromatic amines is 1. The maximum atomic E-state index is 13.5. The van der Waals surface area contributed by atoms with Gasteiger partial charge in [0.25, 0.3) is 5.56 Å². The van der Waals surface area contributed by atoms with E-state index in [4.69, 9.17) is 9.47 Å². The summed E-state index contributed by atoms with van der Waals surface area (Å²) in [5.41, 5.74) is 3.58. The number of carbonyl (C=O) groups excluding carboxylic acids is 1. The fourth-order valence-electron chi connectivity index (χ4n) is 4.49. The summed E-state index contributed by atoms with van der Waals surface area (Å²) in [5, 5.41) is 3.76. The van der Waals surface area contributed by atoms with E-state index in [1.165, 1.54) is 11.8 Å².